The first-order valence-electron chi connectivity index (χ1n) is 15.7. The van der Waals surface area contributed by atoms with Gasteiger partial charge >= 0.3 is 0 Å². The van der Waals surface area contributed by atoms with E-state index in [0.29, 0.717) is 30.5 Å². The molecule has 1 saturated heterocycles. The Bertz CT molecular complexity index is 1580. The van der Waals surface area contributed by atoms with Gasteiger partial charge in [0.2, 0.25) is 0 Å². The van der Waals surface area contributed by atoms with Crippen LogP contribution in [-0.4, -0.2) is 74.7 Å². The van der Waals surface area contributed by atoms with Crippen LogP contribution in [0.25, 0.3) is 16.7 Å². The molecule has 1 aromatic heterocycles. The molecule has 0 radical (unpaired) electrons. The Kier molecular flexibility index (Phi) is 9.77. The average molecular weight is 650 g/mol. The van der Waals surface area contributed by atoms with Crippen molar-refractivity contribution in [3.05, 3.63) is 89.2 Å². The standard InChI is InChI=1S/C35H40ClN3O7/c1-20(5-4-15-38-33(43)32-30(41)29(40)31(42)34(44)46-32)21-8-11-27(36)22(17-21)18-39-35(13-14-35)26-19-37-16-12-24(26)25-6-2-3-7-28(25)45-23-9-10-23/h2-3,6-8,11-12,16-17,19,23,29-32,34,39-42,44H,1,4-5,9-10,13-15,18H2,(H,38,43). The number of carbonyl (C=O) groups is 1. The number of ether oxygens (including phenoxy) is 2. The summed E-state index contributed by atoms with van der Waals surface area (Å²) < 4.78 is 11.2. The van der Waals surface area contributed by atoms with Crippen LogP contribution in [0.5, 0.6) is 5.75 Å². The fourth-order valence-corrected chi connectivity index (χ4v) is 6.05. The molecule has 3 aromatic rings. The third-order valence-electron chi connectivity index (χ3n) is 8.95. The SMILES string of the molecule is C=C(CCCNC(=O)C1OC(O)C(O)C(O)C1O)c1ccc(Cl)c(CNC2(c3cnccc3-c3ccccc3OC3CC3)CC2)c1. The van der Waals surface area contributed by atoms with Crippen LogP contribution < -0.4 is 15.4 Å². The summed E-state index contributed by atoms with van der Waals surface area (Å²) in [5.41, 5.74) is 5.88. The molecule has 2 aliphatic carbocycles. The number of halogens is 1. The average Bonchev–Trinajstić information content (AvgIpc) is 4.01. The van der Waals surface area contributed by atoms with E-state index in [0.717, 1.165) is 64.8 Å². The lowest BCUT2D eigenvalue weighted by Crippen LogP contribution is -2.61. The van der Waals surface area contributed by atoms with Gasteiger partial charge in [-0.25, -0.2) is 0 Å². The first kappa shape index (κ1) is 32.6. The van der Waals surface area contributed by atoms with Gasteiger partial charge in [0.05, 0.1) is 6.10 Å². The second-order valence-corrected chi connectivity index (χ2v) is 12.8. The monoisotopic (exact) mass is 649 g/mol. The van der Waals surface area contributed by atoms with Gasteiger partial charge in [0, 0.05) is 41.6 Å². The summed E-state index contributed by atoms with van der Waals surface area (Å²) >= 11 is 6.65. The normalized spacial score (nSPS) is 25.1. The second-order valence-electron chi connectivity index (χ2n) is 12.4. The van der Waals surface area contributed by atoms with E-state index in [9.17, 15) is 25.2 Å². The molecule has 1 amide bonds. The molecule has 2 saturated carbocycles. The van der Waals surface area contributed by atoms with E-state index in [1.54, 1.807) is 0 Å². The zero-order chi connectivity index (χ0) is 32.4. The zero-order valence-corrected chi connectivity index (χ0v) is 26.2. The molecule has 5 atom stereocenters. The number of benzene rings is 2. The molecule has 5 unspecified atom stereocenters. The molecule has 46 heavy (non-hydrogen) atoms. The van der Waals surface area contributed by atoms with Gasteiger partial charge in [-0.05, 0) is 90.6 Å². The maximum atomic E-state index is 12.5. The van der Waals surface area contributed by atoms with Crippen LogP contribution in [0.1, 0.15) is 55.2 Å². The second kappa shape index (κ2) is 13.8. The number of aromatic nitrogens is 1. The van der Waals surface area contributed by atoms with Crippen molar-refractivity contribution < 1.29 is 34.7 Å². The number of aliphatic hydroxyl groups is 4. The minimum atomic E-state index is -1.77. The molecule has 244 valence electrons. The van der Waals surface area contributed by atoms with Gasteiger partial charge in [-0.3, -0.25) is 9.78 Å². The van der Waals surface area contributed by atoms with Crippen LogP contribution in [0.4, 0.5) is 0 Å². The maximum absolute atomic E-state index is 12.5. The van der Waals surface area contributed by atoms with E-state index in [1.165, 1.54) is 0 Å². The van der Waals surface area contributed by atoms with E-state index in [4.69, 9.17) is 21.1 Å². The fourth-order valence-electron chi connectivity index (χ4n) is 5.87. The van der Waals surface area contributed by atoms with Crippen LogP contribution in [0.15, 0.2) is 67.5 Å². The Morgan fingerprint density at radius 2 is 1.83 bits per heavy atom. The van der Waals surface area contributed by atoms with Crippen molar-refractivity contribution in [3.8, 4) is 16.9 Å². The highest BCUT2D eigenvalue weighted by atomic mass is 35.5. The Morgan fingerprint density at radius 3 is 2.59 bits per heavy atom. The topological polar surface area (TPSA) is 153 Å². The molecular formula is C35H40ClN3O7. The summed E-state index contributed by atoms with van der Waals surface area (Å²) in [6, 6.07) is 16.1. The van der Waals surface area contributed by atoms with Gasteiger partial charge < -0.3 is 40.5 Å². The van der Waals surface area contributed by atoms with Gasteiger partial charge in [-0.1, -0.05) is 42.4 Å². The highest BCUT2D eigenvalue weighted by Crippen LogP contribution is 2.50. The first-order valence-corrected chi connectivity index (χ1v) is 16.1. The summed E-state index contributed by atoms with van der Waals surface area (Å²) in [5, 5.41) is 46.3. The van der Waals surface area contributed by atoms with E-state index < -0.39 is 36.6 Å². The Hall–Kier alpha value is -3.35. The molecule has 10 nitrogen and oxygen atoms in total. The van der Waals surface area contributed by atoms with E-state index >= 15 is 0 Å². The molecule has 3 aliphatic rings. The van der Waals surface area contributed by atoms with E-state index in [1.807, 2.05) is 48.8 Å². The van der Waals surface area contributed by atoms with Crippen LogP contribution in [0.3, 0.4) is 0 Å². The molecule has 6 N–H and O–H groups in total. The Balaban J connectivity index is 1.06. The largest absolute Gasteiger partial charge is 0.490 e. The molecular weight excluding hydrogens is 610 g/mol. The summed E-state index contributed by atoms with van der Waals surface area (Å²) in [6.45, 7) is 5.05. The molecule has 3 fully saturated rings. The molecule has 1 aliphatic heterocycles. The van der Waals surface area contributed by atoms with Gasteiger partial charge in [-0.2, -0.15) is 0 Å². The summed E-state index contributed by atoms with van der Waals surface area (Å²) in [6.07, 6.45) is 1.04. The van der Waals surface area contributed by atoms with Crippen LogP contribution in [-0.2, 0) is 21.6 Å². The third-order valence-corrected chi connectivity index (χ3v) is 9.32. The highest BCUT2D eigenvalue weighted by molar-refractivity contribution is 6.31. The number of allylic oxidation sites excluding steroid dienone is 1. The number of rotatable bonds is 13. The van der Waals surface area contributed by atoms with E-state index in [2.05, 4.69) is 34.3 Å². The minimum Gasteiger partial charge on any atom is -0.490 e. The minimum absolute atomic E-state index is 0.218. The lowest BCUT2D eigenvalue weighted by atomic mass is 9.94. The first-order chi connectivity index (χ1) is 22.2. The summed E-state index contributed by atoms with van der Waals surface area (Å²) in [7, 11) is 0. The Morgan fingerprint density at radius 1 is 1.04 bits per heavy atom. The van der Waals surface area contributed by atoms with Gasteiger partial charge in [0.1, 0.15) is 24.1 Å². The number of para-hydroxylation sites is 1. The molecule has 0 spiro atoms. The van der Waals surface area contributed by atoms with E-state index in [-0.39, 0.29) is 12.1 Å². The van der Waals surface area contributed by atoms with Gasteiger partial charge in [0.15, 0.2) is 12.4 Å². The highest BCUT2D eigenvalue weighted by Gasteiger charge is 2.47. The number of amides is 1. The number of aliphatic hydroxyl groups excluding tert-OH is 4. The molecule has 6 rings (SSSR count). The predicted molar refractivity (Wildman–Crippen MR) is 173 cm³/mol. The zero-order valence-electron chi connectivity index (χ0n) is 25.4. The molecule has 0 bridgehead atoms. The van der Waals surface area contributed by atoms with Crippen molar-refractivity contribution in [3.63, 3.8) is 0 Å². The Labute approximate surface area is 273 Å². The summed E-state index contributed by atoms with van der Waals surface area (Å²) in [5.74, 6) is 0.215. The number of pyridine rings is 1. The molecule has 11 heteroatoms. The van der Waals surface area contributed by atoms with Crippen molar-refractivity contribution in [1.29, 1.82) is 0 Å². The van der Waals surface area contributed by atoms with Crippen molar-refractivity contribution in [2.24, 2.45) is 0 Å². The number of hydrogen-bond donors (Lipinski definition) is 6. The van der Waals surface area contributed by atoms with Gasteiger partial charge in [0.25, 0.3) is 5.91 Å². The van der Waals surface area contributed by atoms with Crippen molar-refractivity contribution in [1.82, 2.24) is 15.6 Å². The van der Waals surface area contributed by atoms with Gasteiger partial charge in [-0.15, -0.1) is 0 Å². The molecule has 2 aromatic carbocycles. The number of hydrogen-bond acceptors (Lipinski definition) is 9. The predicted octanol–water partition coefficient (Wildman–Crippen LogP) is 3.43. The van der Waals surface area contributed by atoms with Crippen LogP contribution >= 0.6 is 11.6 Å². The lowest BCUT2D eigenvalue weighted by Gasteiger charge is -2.37. The smallest absolute Gasteiger partial charge is 0.252 e. The van der Waals surface area contributed by atoms with Crippen molar-refractivity contribution >= 4 is 23.1 Å². The van der Waals surface area contributed by atoms with Crippen molar-refractivity contribution in [2.45, 2.75) is 87.4 Å². The van der Waals surface area contributed by atoms with Crippen molar-refractivity contribution in [2.75, 3.05) is 6.54 Å². The van der Waals surface area contributed by atoms with Crippen LogP contribution in [0, 0.1) is 0 Å². The quantitative estimate of drug-likeness (QED) is 0.153. The number of carbonyl (C=O) groups excluding carboxylic acids is 1. The fraction of sp³-hybridized carbons (Fsp3) is 0.429. The molecule has 2 heterocycles. The third kappa shape index (κ3) is 7.13. The number of nitrogens with zero attached hydrogens (tertiary/aromatic N) is 1. The lowest BCUT2D eigenvalue weighted by molar-refractivity contribution is -0.275. The van der Waals surface area contributed by atoms with Crippen LogP contribution in [0.2, 0.25) is 5.02 Å². The number of nitrogens with one attached hydrogen (secondary N) is 2. The maximum Gasteiger partial charge on any atom is 0.252 e. The summed E-state index contributed by atoms with van der Waals surface area (Å²) in [4.78, 5) is 17.0.